The number of aromatic nitrogens is 1. The van der Waals surface area contributed by atoms with E-state index in [9.17, 15) is 4.79 Å². The molecule has 1 aliphatic carbocycles. The highest BCUT2D eigenvalue weighted by molar-refractivity contribution is 7.16. The van der Waals surface area contributed by atoms with Gasteiger partial charge in [0.05, 0.1) is 6.04 Å². The highest BCUT2D eigenvalue weighted by Crippen LogP contribution is 2.45. The number of piperazine rings is 1. The number of nitrogens with one attached hydrogen (secondary N) is 1. The smallest absolute Gasteiger partial charge is 0.221 e. The van der Waals surface area contributed by atoms with Crippen molar-refractivity contribution in [1.82, 2.24) is 14.8 Å². The van der Waals surface area contributed by atoms with Gasteiger partial charge in [-0.15, -0.1) is 11.3 Å². The molecule has 1 N–H and O–H groups in total. The number of fused-ring (bicyclic) bond motifs is 1. The molecule has 0 aromatic carbocycles. The van der Waals surface area contributed by atoms with Gasteiger partial charge in [0.2, 0.25) is 5.91 Å². The second-order valence-electron chi connectivity index (χ2n) is 7.66. The molecular weight excluding hydrogens is 356 g/mol. The molecule has 0 unspecified atom stereocenters. The van der Waals surface area contributed by atoms with Crippen LogP contribution in [0.3, 0.4) is 0 Å². The van der Waals surface area contributed by atoms with Crippen molar-refractivity contribution in [1.29, 1.82) is 0 Å². The zero-order valence-corrected chi connectivity index (χ0v) is 17.0. The molecule has 0 spiro atoms. The number of hydrogen-bond donors (Lipinski definition) is 1. The SMILES string of the molecule is CC(=O)Nc1sc2c(c1[C@H](c1cccnc1)N1CCN(C)CC1)CCCC2. The summed E-state index contributed by atoms with van der Waals surface area (Å²) < 4.78 is 0. The van der Waals surface area contributed by atoms with Crippen LogP contribution in [0.1, 0.15) is 47.4 Å². The van der Waals surface area contributed by atoms with Crippen LogP contribution < -0.4 is 5.32 Å². The first-order valence-electron chi connectivity index (χ1n) is 9.88. The quantitative estimate of drug-likeness (QED) is 0.879. The Bertz CT molecular complexity index is 796. The molecular formula is C21H28N4OS. The summed E-state index contributed by atoms with van der Waals surface area (Å²) in [6.07, 6.45) is 8.56. The Balaban J connectivity index is 1.82. The van der Waals surface area contributed by atoms with E-state index in [1.54, 1.807) is 18.3 Å². The summed E-state index contributed by atoms with van der Waals surface area (Å²) in [7, 11) is 2.19. The molecule has 0 saturated carbocycles. The number of hydrogen-bond acceptors (Lipinski definition) is 5. The molecule has 4 rings (SSSR count). The fourth-order valence-corrected chi connectivity index (χ4v) is 5.68. The summed E-state index contributed by atoms with van der Waals surface area (Å²) in [5.74, 6) is 0.0122. The number of rotatable bonds is 4. The zero-order valence-electron chi connectivity index (χ0n) is 16.2. The number of pyridine rings is 1. The van der Waals surface area contributed by atoms with Crippen molar-refractivity contribution in [2.75, 3.05) is 38.5 Å². The van der Waals surface area contributed by atoms with E-state index < -0.39 is 0 Å². The van der Waals surface area contributed by atoms with Gasteiger partial charge in [0.25, 0.3) is 0 Å². The maximum absolute atomic E-state index is 11.9. The van der Waals surface area contributed by atoms with E-state index >= 15 is 0 Å². The van der Waals surface area contributed by atoms with Gasteiger partial charge in [-0.25, -0.2) is 0 Å². The van der Waals surface area contributed by atoms with Gasteiger partial charge in [-0.1, -0.05) is 6.07 Å². The van der Waals surface area contributed by atoms with Gasteiger partial charge in [0.1, 0.15) is 5.00 Å². The largest absolute Gasteiger partial charge is 0.318 e. The number of carbonyl (C=O) groups excluding carboxylic acids is 1. The number of nitrogens with zero attached hydrogens (tertiary/aromatic N) is 3. The predicted octanol–water partition coefficient (Wildman–Crippen LogP) is 3.32. The summed E-state index contributed by atoms with van der Waals surface area (Å²) in [4.78, 5) is 22.7. The Morgan fingerprint density at radius 2 is 2.00 bits per heavy atom. The molecule has 1 saturated heterocycles. The monoisotopic (exact) mass is 384 g/mol. The topological polar surface area (TPSA) is 48.5 Å². The second kappa shape index (κ2) is 8.09. The van der Waals surface area contributed by atoms with Crippen molar-refractivity contribution < 1.29 is 4.79 Å². The number of amides is 1. The average Bonchev–Trinajstić information content (AvgIpc) is 3.02. The lowest BCUT2D eigenvalue weighted by Gasteiger charge is -2.39. The van der Waals surface area contributed by atoms with E-state index in [0.29, 0.717) is 0 Å². The van der Waals surface area contributed by atoms with Crippen LogP contribution in [0.4, 0.5) is 5.00 Å². The highest BCUT2D eigenvalue weighted by atomic mass is 32.1. The van der Waals surface area contributed by atoms with Crippen molar-refractivity contribution in [3.8, 4) is 0 Å². The molecule has 1 atom stereocenters. The molecule has 6 heteroatoms. The van der Waals surface area contributed by atoms with Gasteiger partial charge in [-0.2, -0.15) is 0 Å². The van der Waals surface area contributed by atoms with Gasteiger partial charge in [0.15, 0.2) is 0 Å². The van der Waals surface area contributed by atoms with Crippen molar-refractivity contribution in [3.05, 3.63) is 46.1 Å². The van der Waals surface area contributed by atoms with E-state index in [1.807, 2.05) is 18.5 Å². The molecule has 1 aliphatic heterocycles. The molecule has 0 radical (unpaired) electrons. The number of thiophene rings is 1. The van der Waals surface area contributed by atoms with Crippen molar-refractivity contribution in [3.63, 3.8) is 0 Å². The Morgan fingerprint density at radius 3 is 2.70 bits per heavy atom. The van der Waals surface area contributed by atoms with E-state index in [4.69, 9.17) is 0 Å². The average molecular weight is 385 g/mol. The molecule has 1 fully saturated rings. The third-order valence-electron chi connectivity index (χ3n) is 5.68. The Hall–Kier alpha value is -1.76. The van der Waals surface area contributed by atoms with Gasteiger partial charge in [-0.3, -0.25) is 14.7 Å². The second-order valence-corrected chi connectivity index (χ2v) is 8.77. The zero-order chi connectivity index (χ0) is 18.8. The van der Waals surface area contributed by atoms with Gasteiger partial charge < -0.3 is 10.2 Å². The van der Waals surface area contributed by atoms with E-state index in [2.05, 4.69) is 33.2 Å². The predicted molar refractivity (Wildman–Crippen MR) is 110 cm³/mol. The van der Waals surface area contributed by atoms with Gasteiger partial charge in [0, 0.05) is 55.9 Å². The number of aryl methyl sites for hydroxylation is 1. The van der Waals surface area contributed by atoms with Crippen LogP contribution in [0, 0.1) is 0 Å². The Labute approximate surface area is 165 Å². The van der Waals surface area contributed by atoms with Crippen LogP contribution in [0.2, 0.25) is 0 Å². The summed E-state index contributed by atoms with van der Waals surface area (Å²) >= 11 is 1.79. The first kappa shape index (κ1) is 18.6. The van der Waals surface area contributed by atoms with E-state index in [1.165, 1.54) is 34.4 Å². The third kappa shape index (κ3) is 3.93. The van der Waals surface area contributed by atoms with Crippen molar-refractivity contribution in [2.24, 2.45) is 0 Å². The van der Waals surface area contributed by atoms with Crippen LogP contribution in [0.15, 0.2) is 24.5 Å². The van der Waals surface area contributed by atoms with Crippen LogP contribution in [0.5, 0.6) is 0 Å². The van der Waals surface area contributed by atoms with E-state index in [-0.39, 0.29) is 11.9 Å². The maximum atomic E-state index is 11.9. The molecule has 2 aromatic heterocycles. The molecule has 2 aliphatic rings. The summed E-state index contributed by atoms with van der Waals surface area (Å²) in [6.45, 7) is 5.80. The fourth-order valence-electron chi connectivity index (χ4n) is 4.31. The summed E-state index contributed by atoms with van der Waals surface area (Å²) in [6, 6.07) is 4.36. The Morgan fingerprint density at radius 1 is 1.22 bits per heavy atom. The molecule has 144 valence electrons. The lowest BCUT2D eigenvalue weighted by Crippen LogP contribution is -2.46. The first-order valence-corrected chi connectivity index (χ1v) is 10.7. The number of carbonyl (C=O) groups is 1. The highest BCUT2D eigenvalue weighted by Gasteiger charge is 2.33. The van der Waals surface area contributed by atoms with E-state index in [0.717, 1.165) is 44.0 Å². The first-order chi connectivity index (χ1) is 13.1. The number of likely N-dealkylation sites (N-methyl/N-ethyl adjacent to an activating group) is 1. The molecule has 1 amide bonds. The van der Waals surface area contributed by atoms with Crippen LogP contribution in [-0.4, -0.2) is 53.9 Å². The molecule has 2 aromatic rings. The standard InChI is InChI=1S/C21H28N4OS/c1-15(26)23-21-19(17-7-3-4-8-18(17)27-21)20(16-6-5-9-22-14-16)25-12-10-24(2)11-13-25/h5-6,9,14,20H,3-4,7-8,10-13H2,1-2H3,(H,23,26)/t20-/m0/s1. The van der Waals surface area contributed by atoms with Crippen molar-refractivity contribution >= 4 is 22.2 Å². The van der Waals surface area contributed by atoms with Crippen molar-refractivity contribution in [2.45, 2.75) is 38.6 Å². The molecule has 3 heterocycles. The lowest BCUT2D eigenvalue weighted by molar-refractivity contribution is -0.114. The minimum Gasteiger partial charge on any atom is -0.318 e. The third-order valence-corrected chi connectivity index (χ3v) is 6.90. The molecule has 0 bridgehead atoms. The lowest BCUT2D eigenvalue weighted by atomic mass is 9.89. The van der Waals surface area contributed by atoms with Crippen LogP contribution in [0.25, 0.3) is 0 Å². The maximum Gasteiger partial charge on any atom is 0.221 e. The Kier molecular flexibility index (Phi) is 5.57. The van der Waals surface area contributed by atoms with Crippen LogP contribution >= 0.6 is 11.3 Å². The fraction of sp³-hybridized carbons (Fsp3) is 0.524. The normalized spacial score (nSPS) is 19.5. The summed E-state index contributed by atoms with van der Waals surface area (Å²) in [5, 5.41) is 4.19. The van der Waals surface area contributed by atoms with Gasteiger partial charge >= 0.3 is 0 Å². The minimum atomic E-state index is 0.0122. The van der Waals surface area contributed by atoms with Crippen LogP contribution in [-0.2, 0) is 17.6 Å². The molecule has 5 nitrogen and oxygen atoms in total. The summed E-state index contributed by atoms with van der Waals surface area (Å²) in [5.41, 5.74) is 4.02. The van der Waals surface area contributed by atoms with Gasteiger partial charge in [-0.05, 0) is 49.9 Å². The molecule has 27 heavy (non-hydrogen) atoms. The minimum absolute atomic E-state index is 0.0122. The number of anilines is 1.